The molecule has 38 heavy (non-hydrogen) atoms. The molecule has 9 nitrogen and oxygen atoms in total. The highest BCUT2D eigenvalue weighted by Gasteiger charge is 2.45. The number of carbonyl (C=O) groups excluding carboxylic acids is 3. The van der Waals surface area contributed by atoms with Crippen molar-refractivity contribution in [1.82, 2.24) is 20.5 Å². The fourth-order valence-corrected chi connectivity index (χ4v) is 5.25. The normalized spacial score (nSPS) is 19.6. The Morgan fingerprint density at radius 2 is 1.74 bits per heavy atom. The summed E-state index contributed by atoms with van der Waals surface area (Å²) >= 11 is 1.58. The Morgan fingerprint density at radius 1 is 1.11 bits per heavy atom. The zero-order valence-corrected chi connectivity index (χ0v) is 24.3. The number of aliphatic hydroxyl groups excluding tert-OH is 1. The molecule has 3 amide bonds. The molecule has 1 aliphatic heterocycles. The summed E-state index contributed by atoms with van der Waals surface area (Å²) in [6.07, 6.45) is -1.43. The first-order valence-electron chi connectivity index (χ1n) is 12.9. The van der Waals surface area contributed by atoms with E-state index >= 15 is 0 Å². The predicted molar refractivity (Wildman–Crippen MR) is 148 cm³/mol. The van der Waals surface area contributed by atoms with Crippen molar-refractivity contribution in [3.8, 4) is 10.4 Å². The molecule has 1 unspecified atom stereocenters. The maximum Gasteiger partial charge on any atom is 0.408 e. The summed E-state index contributed by atoms with van der Waals surface area (Å²) in [4.78, 5) is 46.3. The van der Waals surface area contributed by atoms with Crippen LogP contribution in [0.4, 0.5) is 4.79 Å². The predicted octanol–water partition coefficient (Wildman–Crippen LogP) is 4.20. The van der Waals surface area contributed by atoms with Gasteiger partial charge in [-0.2, -0.15) is 0 Å². The number of amides is 3. The van der Waals surface area contributed by atoms with Crippen molar-refractivity contribution < 1.29 is 24.2 Å². The van der Waals surface area contributed by atoms with E-state index < -0.39 is 41.2 Å². The van der Waals surface area contributed by atoms with Crippen LogP contribution in [0, 0.1) is 12.3 Å². The minimum absolute atomic E-state index is 0.0107. The van der Waals surface area contributed by atoms with Crippen LogP contribution in [0.1, 0.15) is 72.2 Å². The van der Waals surface area contributed by atoms with Crippen molar-refractivity contribution in [2.24, 2.45) is 5.41 Å². The first kappa shape index (κ1) is 29.6. The maximum atomic E-state index is 13.6. The largest absolute Gasteiger partial charge is 0.444 e. The minimum atomic E-state index is -0.946. The molecule has 0 spiro atoms. The van der Waals surface area contributed by atoms with Crippen LogP contribution in [0.25, 0.3) is 10.4 Å². The Balaban J connectivity index is 1.72. The standard InChI is InChI=1S/C28H40N4O5S/c1-16(18-9-11-19(12-10-18)22-17(2)29-15-38-22)30-24(34)21-13-20(33)14-32(21)25(35)23(27(3,4)5)31-26(36)37-28(6,7)8/h9-12,15-16,20-21,23,33H,13-14H2,1-8H3,(H,30,34)(H,31,36)/t16-,20+,21-,23?/m0/s1. The van der Waals surface area contributed by atoms with Gasteiger partial charge in [0.25, 0.3) is 0 Å². The Bertz CT molecular complexity index is 1150. The molecule has 1 fully saturated rings. The van der Waals surface area contributed by atoms with E-state index in [2.05, 4.69) is 15.6 Å². The van der Waals surface area contributed by atoms with Gasteiger partial charge in [0.05, 0.1) is 28.2 Å². The van der Waals surface area contributed by atoms with Crippen LogP contribution in [-0.2, 0) is 14.3 Å². The van der Waals surface area contributed by atoms with E-state index in [9.17, 15) is 19.5 Å². The second-order valence-electron chi connectivity index (χ2n) is 12.0. The Kier molecular flexibility index (Phi) is 8.88. The lowest BCUT2D eigenvalue weighted by molar-refractivity contribution is -0.142. The van der Waals surface area contributed by atoms with Gasteiger partial charge in [0.1, 0.15) is 17.7 Å². The molecular weight excluding hydrogens is 504 g/mol. The van der Waals surface area contributed by atoms with Crippen molar-refractivity contribution >= 4 is 29.2 Å². The summed E-state index contributed by atoms with van der Waals surface area (Å²) in [5.74, 6) is -0.785. The quantitative estimate of drug-likeness (QED) is 0.501. The van der Waals surface area contributed by atoms with Gasteiger partial charge < -0.3 is 25.4 Å². The molecule has 2 aromatic rings. The van der Waals surface area contributed by atoms with Crippen molar-refractivity contribution in [3.63, 3.8) is 0 Å². The molecule has 208 valence electrons. The van der Waals surface area contributed by atoms with Gasteiger partial charge in [0.15, 0.2) is 0 Å². The molecular formula is C28H40N4O5S. The minimum Gasteiger partial charge on any atom is -0.444 e. The molecule has 0 saturated carbocycles. The first-order valence-corrected chi connectivity index (χ1v) is 13.7. The molecule has 0 radical (unpaired) electrons. The molecule has 2 heterocycles. The fourth-order valence-electron chi connectivity index (χ4n) is 4.44. The number of hydrogen-bond acceptors (Lipinski definition) is 7. The molecule has 3 rings (SSSR count). The number of alkyl carbamates (subject to hydrolysis) is 1. The Morgan fingerprint density at radius 3 is 2.26 bits per heavy atom. The van der Waals surface area contributed by atoms with Crippen LogP contribution < -0.4 is 10.6 Å². The number of aliphatic hydroxyl groups is 1. The lowest BCUT2D eigenvalue weighted by Crippen LogP contribution is -2.58. The number of likely N-dealkylation sites (tertiary alicyclic amines) is 1. The van der Waals surface area contributed by atoms with Crippen molar-refractivity contribution in [1.29, 1.82) is 0 Å². The third kappa shape index (κ3) is 7.32. The van der Waals surface area contributed by atoms with Crippen LogP contribution in [0.2, 0.25) is 0 Å². The molecule has 0 aliphatic carbocycles. The van der Waals surface area contributed by atoms with Crippen LogP contribution in [0.5, 0.6) is 0 Å². The summed E-state index contributed by atoms with van der Waals surface area (Å²) in [6.45, 7) is 14.6. The molecule has 1 aromatic carbocycles. The third-order valence-electron chi connectivity index (χ3n) is 6.42. The number of ether oxygens (including phenoxy) is 1. The fraction of sp³-hybridized carbons (Fsp3) is 0.571. The highest BCUT2D eigenvalue weighted by atomic mass is 32.1. The number of hydrogen-bond donors (Lipinski definition) is 3. The van der Waals surface area contributed by atoms with Crippen molar-refractivity contribution in [3.05, 3.63) is 41.0 Å². The van der Waals surface area contributed by atoms with E-state index in [1.807, 2.05) is 64.4 Å². The van der Waals surface area contributed by atoms with E-state index in [0.717, 1.165) is 21.7 Å². The molecule has 0 bridgehead atoms. The van der Waals surface area contributed by atoms with E-state index in [1.54, 1.807) is 32.1 Å². The second-order valence-corrected chi connectivity index (χ2v) is 12.8. The topological polar surface area (TPSA) is 121 Å². The zero-order chi connectivity index (χ0) is 28.4. The van der Waals surface area contributed by atoms with E-state index in [-0.39, 0.29) is 24.9 Å². The van der Waals surface area contributed by atoms with Gasteiger partial charge in [-0.3, -0.25) is 9.59 Å². The monoisotopic (exact) mass is 544 g/mol. The second kappa shape index (κ2) is 11.4. The number of rotatable bonds is 6. The smallest absolute Gasteiger partial charge is 0.408 e. The third-order valence-corrected chi connectivity index (χ3v) is 7.39. The lowest BCUT2D eigenvalue weighted by Gasteiger charge is -2.35. The number of benzene rings is 1. The summed E-state index contributed by atoms with van der Waals surface area (Å²) in [7, 11) is 0. The van der Waals surface area contributed by atoms with Gasteiger partial charge in [-0.1, -0.05) is 45.0 Å². The summed E-state index contributed by atoms with van der Waals surface area (Å²) in [5.41, 5.74) is 3.39. The first-order chi connectivity index (χ1) is 17.6. The van der Waals surface area contributed by atoms with E-state index in [4.69, 9.17) is 4.74 Å². The number of aryl methyl sites for hydroxylation is 1. The van der Waals surface area contributed by atoms with Crippen molar-refractivity contribution in [2.45, 2.75) is 91.6 Å². The van der Waals surface area contributed by atoms with Gasteiger partial charge in [-0.15, -0.1) is 11.3 Å². The molecule has 1 aromatic heterocycles. The molecule has 4 atom stereocenters. The Labute approximate surface area is 229 Å². The number of β-amino-alcohol motifs (C(OH)–C–C–N with tert-alkyl or cyclic N) is 1. The van der Waals surface area contributed by atoms with Crippen LogP contribution in [0.15, 0.2) is 29.8 Å². The average Bonchev–Trinajstić information content (AvgIpc) is 3.40. The van der Waals surface area contributed by atoms with Gasteiger partial charge in [0.2, 0.25) is 11.8 Å². The number of carbonyl (C=O) groups is 3. The zero-order valence-electron chi connectivity index (χ0n) is 23.5. The van der Waals surface area contributed by atoms with Crippen LogP contribution in [0.3, 0.4) is 0 Å². The number of thiazole rings is 1. The van der Waals surface area contributed by atoms with Gasteiger partial charge in [-0.25, -0.2) is 9.78 Å². The molecule has 1 aliphatic rings. The SMILES string of the molecule is Cc1ncsc1-c1ccc([C@H](C)NC(=O)[C@@H]2C[C@@H](O)CN2C(=O)C(NC(=O)OC(C)(C)C)C(C)(C)C)cc1. The highest BCUT2D eigenvalue weighted by molar-refractivity contribution is 7.13. The summed E-state index contributed by atoms with van der Waals surface area (Å²) in [5, 5.41) is 16.1. The summed E-state index contributed by atoms with van der Waals surface area (Å²) < 4.78 is 5.36. The number of nitrogens with one attached hydrogen (secondary N) is 2. The van der Waals surface area contributed by atoms with Gasteiger partial charge >= 0.3 is 6.09 Å². The van der Waals surface area contributed by atoms with Gasteiger partial charge in [0, 0.05) is 13.0 Å². The number of nitrogens with zero attached hydrogens (tertiary/aromatic N) is 2. The van der Waals surface area contributed by atoms with E-state index in [1.165, 1.54) is 4.90 Å². The van der Waals surface area contributed by atoms with E-state index in [0.29, 0.717) is 0 Å². The molecule has 10 heteroatoms. The van der Waals surface area contributed by atoms with Gasteiger partial charge in [-0.05, 0) is 51.2 Å². The van der Waals surface area contributed by atoms with Crippen LogP contribution in [-0.4, -0.2) is 63.2 Å². The van der Waals surface area contributed by atoms with Crippen LogP contribution >= 0.6 is 11.3 Å². The number of aromatic nitrogens is 1. The summed E-state index contributed by atoms with van der Waals surface area (Å²) in [6, 6.07) is 5.82. The highest BCUT2D eigenvalue weighted by Crippen LogP contribution is 2.29. The lowest BCUT2D eigenvalue weighted by atomic mass is 9.85. The van der Waals surface area contributed by atoms with Crippen molar-refractivity contribution in [2.75, 3.05) is 6.54 Å². The average molecular weight is 545 g/mol. The Hall–Kier alpha value is -2.98. The maximum absolute atomic E-state index is 13.6. The molecule has 1 saturated heterocycles. The molecule has 3 N–H and O–H groups in total.